The van der Waals surface area contributed by atoms with Crippen molar-refractivity contribution in [2.24, 2.45) is 0 Å². The molecule has 0 atom stereocenters. The zero-order chi connectivity index (χ0) is 9.97. The highest BCUT2D eigenvalue weighted by molar-refractivity contribution is 5.73. The molecule has 2 aromatic rings. The normalized spacial score (nSPS) is 10.1. The van der Waals surface area contributed by atoms with E-state index in [1.54, 1.807) is 18.3 Å². The van der Waals surface area contributed by atoms with E-state index in [9.17, 15) is 4.79 Å². The van der Waals surface area contributed by atoms with Crippen molar-refractivity contribution in [3.63, 3.8) is 0 Å². The van der Waals surface area contributed by atoms with Gasteiger partial charge in [-0.1, -0.05) is 0 Å². The molecule has 0 aliphatic heterocycles. The van der Waals surface area contributed by atoms with Gasteiger partial charge < -0.3 is 4.42 Å². The van der Waals surface area contributed by atoms with Crippen molar-refractivity contribution in [2.75, 3.05) is 0 Å². The lowest BCUT2D eigenvalue weighted by molar-refractivity contribution is 0.110. The third-order valence-corrected chi connectivity index (χ3v) is 2.02. The molecule has 0 spiro atoms. The maximum atomic E-state index is 10.4. The average Bonchev–Trinajstić information content (AvgIpc) is 2.67. The van der Waals surface area contributed by atoms with Crippen LogP contribution in [0, 0.1) is 6.92 Å². The van der Waals surface area contributed by atoms with E-state index in [0.717, 1.165) is 11.3 Å². The Bertz CT molecular complexity index is 460. The molecule has 3 heteroatoms. The van der Waals surface area contributed by atoms with Gasteiger partial charge in [0.05, 0.1) is 0 Å². The summed E-state index contributed by atoms with van der Waals surface area (Å²) in [6.45, 7) is 1.90. The zero-order valence-electron chi connectivity index (χ0n) is 7.73. The predicted molar refractivity (Wildman–Crippen MR) is 52.1 cm³/mol. The zero-order valence-corrected chi connectivity index (χ0v) is 7.73. The number of carbonyl (C=O) groups excluding carboxylic acids is 1. The number of aldehydes is 1. The summed E-state index contributed by atoms with van der Waals surface area (Å²) in [5.41, 5.74) is 1.81. The average molecular weight is 187 g/mol. The lowest BCUT2D eigenvalue weighted by atomic mass is 10.1. The minimum absolute atomic E-state index is 0.336. The number of carbonyl (C=O) groups is 1. The van der Waals surface area contributed by atoms with Gasteiger partial charge in [-0.05, 0) is 31.2 Å². The molecule has 14 heavy (non-hydrogen) atoms. The monoisotopic (exact) mass is 187 g/mol. The molecule has 0 fully saturated rings. The molecule has 0 amide bonds. The summed E-state index contributed by atoms with van der Waals surface area (Å²) in [6.07, 6.45) is 2.41. The molecule has 3 nitrogen and oxygen atoms in total. The summed E-state index contributed by atoms with van der Waals surface area (Å²) in [6, 6.07) is 7.17. The topological polar surface area (TPSA) is 43.1 Å². The number of aromatic nitrogens is 1. The van der Waals surface area contributed by atoms with E-state index in [1.165, 1.54) is 0 Å². The van der Waals surface area contributed by atoms with E-state index < -0.39 is 0 Å². The fourth-order valence-corrected chi connectivity index (χ4v) is 1.31. The van der Waals surface area contributed by atoms with Crippen molar-refractivity contribution < 1.29 is 9.21 Å². The van der Waals surface area contributed by atoms with Crippen LogP contribution in [0.4, 0.5) is 0 Å². The molecule has 0 saturated carbocycles. The van der Waals surface area contributed by atoms with Gasteiger partial charge in [0.1, 0.15) is 5.76 Å². The molecule has 70 valence electrons. The van der Waals surface area contributed by atoms with Gasteiger partial charge >= 0.3 is 0 Å². The molecule has 0 aliphatic carbocycles. The Labute approximate surface area is 81.4 Å². The Balaban J connectivity index is 2.49. The van der Waals surface area contributed by atoms with Crippen LogP contribution in [-0.4, -0.2) is 11.3 Å². The lowest BCUT2D eigenvalue weighted by Gasteiger charge is -1.99. The first-order valence-electron chi connectivity index (χ1n) is 4.28. The Morgan fingerprint density at radius 1 is 1.36 bits per heavy atom. The number of hydrogen-bond acceptors (Lipinski definition) is 3. The molecule has 0 saturated heterocycles. The van der Waals surface area contributed by atoms with E-state index in [0.29, 0.717) is 17.8 Å². The number of nitrogens with zero attached hydrogens (tertiary/aromatic N) is 1. The first-order valence-corrected chi connectivity index (χ1v) is 4.28. The summed E-state index contributed by atoms with van der Waals surface area (Å²) in [7, 11) is 0. The van der Waals surface area contributed by atoms with E-state index in [1.807, 2.05) is 19.1 Å². The largest absolute Gasteiger partial charge is 0.453 e. The van der Waals surface area contributed by atoms with Crippen LogP contribution in [0.25, 0.3) is 11.3 Å². The van der Waals surface area contributed by atoms with Gasteiger partial charge in [0.2, 0.25) is 0 Å². The molecule has 2 rings (SSSR count). The van der Waals surface area contributed by atoms with Crippen molar-refractivity contribution in [3.8, 4) is 11.3 Å². The van der Waals surface area contributed by atoms with Crippen LogP contribution in [0.15, 0.2) is 34.9 Å². The summed E-state index contributed by atoms with van der Waals surface area (Å²) >= 11 is 0. The number of rotatable bonds is 2. The second kappa shape index (κ2) is 3.46. The van der Waals surface area contributed by atoms with Crippen LogP contribution in [0.1, 0.15) is 16.2 Å². The highest BCUT2D eigenvalue weighted by Gasteiger charge is 2.06. The van der Waals surface area contributed by atoms with Gasteiger partial charge in [-0.25, -0.2) is 0 Å². The summed E-state index contributed by atoms with van der Waals surface area (Å²) in [5, 5.41) is 0. The Kier molecular flexibility index (Phi) is 2.14. The highest BCUT2D eigenvalue weighted by Crippen LogP contribution is 2.23. The fraction of sp³-hybridized carbons (Fsp3) is 0.0909. The molecular formula is C11H9NO2. The molecule has 0 aromatic carbocycles. The molecule has 0 N–H and O–H groups in total. The van der Waals surface area contributed by atoms with Crippen LogP contribution in [0.3, 0.4) is 0 Å². The second-order valence-corrected chi connectivity index (χ2v) is 2.96. The molecule has 0 unspecified atom stereocenters. The number of furan rings is 1. The van der Waals surface area contributed by atoms with E-state index >= 15 is 0 Å². The minimum Gasteiger partial charge on any atom is -0.453 e. The standard InChI is InChI=1S/C11H9NO2/c1-8-10(3-2-6-12-8)11-5-4-9(7-13)14-11/h2-7H,1H3. The maximum absolute atomic E-state index is 10.4. The molecule has 2 aromatic heterocycles. The van der Waals surface area contributed by atoms with E-state index in [-0.39, 0.29) is 0 Å². The third kappa shape index (κ3) is 1.44. The van der Waals surface area contributed by atoms with Gasteiger partial charge in [-0.2, -0.15) is 0 Å². The number of hydrogen-bond donors (Lipinski definition) is 0. The third-order valence-electron chi connectivity index (χ3n) is 2.02. The first-order chi connectivity index (χ1) is 6.81. The van der Waals surface area contributed by atoms with Crippen molar-refractivity contribution in [1.29, 1.82) is 0 Å². The number of pyridine rings is 1. The minimum atomic E-state index is 0.336. The van der Waals surface area contributed by atoms with Gasteiger partial charge in [0, 0.05) is 17.5 Å². The van der Waals surface area contributed by atoms with Gasteiger partial charge in [-0.3, -0.25) is 9.78 Å². The summed E-state index contributed by atoms with van der Waals surface area (Å²) < 4.78 is 5.29. The van der Waals surface area contributed by atoms with Crippen molar-refractivity contribution >= 4 is 6.29 Å². The quantitative estimate of drug-likeness (QED) is 0.678. The fourth-order valence-electron chi connectivity index (χ4n) is 1.31. The smallest absolute Gasteiger partial charge is 0.185 e. The molecule has 0 aliphatic rings. The van der Waals surface area contributed by atoms with Gasteiger partial charge in [-0.15, -0.1) is 0 Å². The first kappa shape index (κ1) is 8.69. The van der Waals surface area contributed by atoms with E-state index in [4.69, 9.17) is 4.42 Å². The molecular weight excluding hydrogens is 178 g/mol. The lowest BCUT2D eigenvalue weighted by Crippen LogP contribution is -1.83. The van der Waals surface area contributed by atoms with Crippen LogP contribution >= 0.6 is 0 Å². The van der Waals surface area contributed by atoms with Crippen molar-refractivity contribution in [1.82, 2.24) is 4.98 Å². The molecule has 2 heterocycles. The summed E-state index contributed by atoms with van der Waals surface area (Å²) in [4.78, 5) is 14.6. The van der Waals surface area contributed by atoms with Crippen molar-refractivity contribution in [3.05, 3.63) is 41.9 Å². The Morgan fingerprint density at radius 3 is 2.86 bits per heavy atom. The number of aryl methyl sites for hydroxylation is 1. The van der Waals surface area contributed by atoms with Crippen LogP contribution in [0.2, 0.25) is 0 Å². The molecule has 0 radical (unpaired) electrons. The Hall–Kier alpha value is -1.90. The van der Waals surface area contributed by atoms with Gasteiger partial charge in [0.15, 0.2) is 12.0 Å². The molecule has 0 bridgehead atoms. The second-order valence-electron chi connectivity index (χ2n) is 2.96. The maximum Gasteiger partial charge on any atom is 0.185 e. The highest BCUT2D eigenvalue weighted by atomic mass is 16.3. The Morgan fingerprint density at radius 2 is 2.21 bits per heavy atom. The SMILES string of the molecule is Cc1ncccc1-c1ccc(C=O)o1. The summed E-state index contributed by atoms with van der Waals surface area (Å²) in [5.74, 6) is 1.01. The van der Waals surface area contributed by atoms with Gasteiger partial charge in [0.25, 0.3) is 0 Å². The van der Waals surface area contributed by atoms with Crippen LogP contribution in [-0.2, 0) is 0 Å². The van der Waals surface area contributed by atoms with Crippen molar-refractivity contribution in [2.45, 2.75) is 6.92 Å². The van der Waals surface area contributed by atoms with Crippen LogP contribution in [0.5, 0.6) is 0 Å². The van der Waals surface area contributed by atoms with E-state index in [2.05, 4.69) is 4.98 Å². The van der Waals surface area contributed by atoms with Crippen LogP contribution < -0.4 is 0 Å². The predicted octanol–water partition coefficient (Wildman–Crippen LogP) is 2.46.